The third kappa shape index (κ3) is 4.44. The molecule has 0 saturated heterocycles. The Morgan fingerprint density at radius 1 is 1.32 bits per heavy atom. The van der Waals surface area contributed by atoms with E-state index in [1.807, 2.05) is 32.0 Å². The van der Waals surface area contributed by atoms with E-state index in [-0.39, 0.29) is 24.4 Å². The molecule has 6 heteroatoms. The molecule has 0 atom stereocenters. The molecule has 1 aliphatic rings. The summed E-state index contributed by atoms with van der Waals surface area (Å²) in [6, 6.07) is 5.80. The SMILES string of the molecule is Cc1cccc(C)c1NC(=O)NC(N)=NC1CC1.Cl. The van der Waals surface area contributed by atoms with Gasteiger partial charge in [-0.3, -0.25) is 5.32 Å². The molecule has 0 heterocycles. The number of halogens is 1. The van der Waals surface area contributed by atoms with Crippen molar-refractivity contribution in [2.75, 3.05) is 5.32 Å². The lowest BCUT2D eigenvalue weighted by atomic mass is 10.1. The largest absolute Gasteiger partial charge is 0.370 e. The molecule has 0 aromatic heterocycles. The number of anilines is 1. The van der Waals surface area contributed by atoms with Gasteiger partial charge in [0, 0.05) is 5.69 Å². The molecule has 1 aromatic carbocycles. The van der Waals surface area contributed by atoms with Crippen LogP contribution in [0.15, 0.2) is 23.2 Å². The minimum absolute atomic E-state index is 0. The fraction of sp³-hybridized carbons (Fsp3) is 0.385. The van der Waals surface area contributed by atoms with Crippen LogP contribution < -0.4 is 16.4 Å². The Balaban J connectivity index is 0.00000180. The van der Waals surface area contributed by atoms with Gasteiger partial charge in [-0.2, -0.15) is 0 Å². The molecule has 1 aliphatic carbocycles. The van der Waals surface area contributed by atoms with E-state index in [4.69, 9.17) is 5.73 Å². The van der Waals surface area contributed by atoms with Crippen LogP contribution in [-0.2, 0) is 0 Å². The number of carbonyl (C=O) groups excluding carboxylic acids is 1. The summed E-state index contributed by atoms with van der Waals surface area (Å²) in [5, 5.41) is 5.32. The van der Waals surface area contributed by atoms with Gasteiger partial charge in [0.15, 0.2) is 5.96 Å². The molecule has 4 N–H and O–H groups in total. The third-order valence-electron chi connectivity index (χ3n) is 2.83. The summed E-state index contributed by atoms with van der Waals surface area (Å²) in [5.41, 5.74) is 8.47. The van der Waals surface area contributed by atoms with Crippen LogP contribution in [0.25, 0.3) is 0 Å². The van der Waals surface area contributed by atoms with E-state index in [1.165, 1.54) is 0 Å². The van der Waals surface area contributed by atoms with Gasteiger partial charge in [-0.25, -0.2) is 9.79 Å². The number of para-hydroxylation sites is 1. The Kier molecular flexibility index (Phi) is 5.18. The zero-order valence-electron chi connectivity index (χ0n) is 11.1. The smallest absolute Gasteiger partial charge is 0.326 e. The minimum Gasteiger partial charge on any atom is -0.370 e. The van der Waals surface area contributed by atoms with Crippen LogP contribution in [0.4, 0.5) is 10.5 Å². The Morgan fingerprint density at radius 2 is 1.89 bits per heavy atom. The number of hydrogen-bond acceptors (Lipinski definition) is 2. The maximum absolute atomic E-state index is 11.7. The first kappa shape index (κ1) is 15.3. The van der Waals surface area contributed by atoms with E-state index < -0.39 is 0 Å². The minimum atomic E-state index is -0.352. The second-order valence-electron chi connectivity index (χ2n) is 4.59. The molecular weight excluding hydrogens is 264 g/mol. The van der Waals surface area contributed by atoms with Crippen LogP contribution in [0.3, 0.4) is 0 Å². The molecule has 2 amide bonds. The number of aliphatic imine (C=N–C) groups is 1. The Hall–Kier alpha value is -1.75. The quantitative estimate of drug-likeness (QED) is 0.575. The highest BCUT2D eigenvalue weighted by atomic mass is 35.5. The molecule has 19 heavy (non-hydrogen) atoms. The van der Waals surface area contributed by atoms with E-state index >= 15 is 0 Å². The van der Waals surface area contributed by atoms with Crippen molar-refractivity contribution >= 4 is 30.1 Å². The number of guanidine groups is 1. The first-order chi connectivity index (χ1) is 8.56. The lowest BCUT2D eigenvalue weighted by molar-refractivity contribution is 0.256. The highest BCUT2D eigenvalue weighted by Gasteiger charge is 2.20. The Bertz CT molecular complexity index is 477. The lowest BCUT2D eigenvalue weighted by Crippen LogP contribution is -2.40. The molecule has 1 saturated carbocycles. The summed E-state index contributed by atoms with van der Waals surface area (Å²) >= 11 is 0. The van der Waals surface area contributed by atoms with Crippen molar-refractivity contribution in [2.24, 2.45) is 10.7 Å². The monoisotopic (exact) mass is 282 g/mol. The van der Waals surface area contributed by atoms with Gasteiger partial charge in [0.2, 0.25) is 0 Å². The van der Waals surface area contributed by atoms with Crippen LogP contribution in [-0.4, -0.2) is 18.0 Å². The van der Waals surface area contributed by atoms with Crippen molar-refractivity contribution in [1.29, 1.82) is 0 Å². The van der Waals surface area contributed by atoms with Crippen LogP contribution >= 0.6 is 12.4 Å². The van der Waals surface area contributed by atoms with Crippen LogP contribution in [0.5, 0.6) is 0 Å². The second kappa shape index (κ2) is 6.43. The maximum Gasteiger partial charge on any atom is 0.326 e. The average molecular weight is 283 g/mol. The average Bonchev–Trinajstić information content (AvgIpc) is 3.07. The molecule has 1 fully saturated rings. The zero-order valence-corrected chi connectivity index (χ0v) is 11.9. The van der Waals surface area contributed by atoms with Gasteiger partial charge in [0.1, 0.15) is 0 Å². The van der Waals surface area contributed by atoms with E-state index in [9.17, 15) is 4.79 Å². The number of carbonyl (C=O) groups is 1. The molecule has 0 aliphatic heterocycles. The summed E-state index contributed by atoms with van der Waals surface area (Å²) in [7, 11) is 0. The Labute approximate surface area is 119 Å². The molecule has 0 spiro atoms. The van der Waals surface area contributed by atoms with E-state index in [2.05, 4.69) is 15.6 Å². The number of rotatable bonds is 2. The highest BCUT2D eigenvalue weighted by Crippen LogP contribution is 2.23. The van der Waals surface area contributed by atoms with E-state index in [1.54, 1.807) is 0 Å². The summed E-state index contributed by atoms with van der Waals surface area (Å²) in [6.45, 7) is 3.90. The van der Waals surface area contributed by atoms with Crippen molar-refractivity contribution in [3.05, 3.63) is 29.3 Å². The van der Waals surface area contributed by atoms with Crippen molar-refractivity contribution in [1.82, 2.24) is 5.32 Å². The van der Waals surface area contributed by atoms with Crippen molar-refractivity contribution in [2.45, 2.75) is 32.7 Å². The van der Waals surface area contributed by atoms with Gasteiger partial charge < -0.3 is 11.1 Å². The normalized spacial score (nSPS) is 14.5. The summed E-state index contributed by atoms with van der Waals surface area (Å²) in [6.07, 6.45) is 2.11. The number of urea groups is 1. The third-order valence-corrected chi connectivity index (χ3v) is 2.83. The maximum atomic E-state index is 11.7. The van der Waals surface area contributed by atoms with Crippen LogP contribution in [0.2, 0.25) is 0 Å². The second-order valence-corrected chi connectivity index (χ2v) is 4.59. The Morgan fingerprint density at radius 3 is 2.42 bits per heavy atom. The van der Waals surface area contributed by atoms with Crippen molar-refractivity contribution < 1.29 is 4.79 Å². The van der Waals surface area contributed by atoms with E-state index in [0.717, 1.165) is 29.7 Å². The number of nitrogens with two attached hydrogens (primary N) is 1. The molecule has 0 radical (unpaired) electrons. The first-order valence-corrected chi connectivity index (χ1v) is 6.04. The van der Waals surface area contributed by atoms with Gasteiger partial charge in [-0.15, -0.1) is 12.4 Å². The number of nitrogens with zero attached hydrogens (tertiary/aromatic N) is 1. The lowest BCUT2D eigenvalue weighted by Gasteiger charge is -2.11. The number of aryl methyl sites for hydroxylation is 2. The van der Waals surface area contributed by atoms with Crippen LogP contribution in [0, 0.1) is 13.8 Å². The number of amides is 2. The fourth-order valence-electron chi connectivity index (χ4n) is 1.71. The molecule has 1 aromatic rings. The van der Waals surface area contributed by atoms with Gasteiger partial charge in [0.05, 0.1) is 6.04 Å². The number of hydrogen-bond donors (Lipinski definition) is 3. The summed E-state index contributed by atoms with van der Waals surface area (Å²) < 4.78 is 0. The molecule has 5 nitrogen and oxygen atoms in total. The number of benzene rings is 1. The molecular formula is C13H19ClN4O. The van der Waals surface area contributed by atoms with Crippen molar-refractivity contribution in [3.63, 3.8) is 0 Å². The molecule has 2 rings (SSSR count). The van der Waals surface area contributed by atoms with Crippen LogP contribution in [0.1, 0.15) is 24.0 Å². The number of nitrogens with one attached hydrogen (secondary N) is 2. The van der Waals surface area contributed by atoms with Crippen molar-refractivity contribution in [3.8, 4) is 0 Å². The fourth-order valence-corrected chi connectivity index (χ4v) is 1.71. The molecule has 0 bridgehead atoms. The summed E-state index contributed by atoms with van der Waals surface area (Å²) in [4.78, 5) is 15.9. The van der Waals surface area contributed by atoms with E-state index in [0.29, 0.717) is 6.04 Å². The van der Waals surface area contributed by atoms with Gasteiger partial charge in [-0.05, 0) is 37.8 Å². The first-order valence-electron chi connectivity index (χ1n) is 6.04. The highest BCUT2D eigenvalue weighted by molar-refractivity contribution is 6.02. The predicted octanol–water partition coefficient (Wildman–Crippen LogP) is 2.32. The zero-order chi connectivity index (χ0) is 13.1. The van der Waals surface area contributed by atoms with Gasteiger partial charge in [0.25, 0.3) is 0 Å². The van der Waals surface area contributed by atoms with Gasteiger partial charge in [-0.1, -0.05) is 18.2 Å². The molecule has 104 valence electrons. The molecule has 0 unspecified atom stereocenters. The van der Waals surface area contributed by atoms with Gasteiger partial charge >= 0.3 is 6.03 Å². The summed E-state index contributed by atoms with van der Waals surface area (Å²) in [5.74, 6) is 0.182. The predicted molar refractivity (Wildman–Crippen MR) is 80.0 cm³/mol. The standard InChI is InChI=1S/C13H18N4O.ClH/c1-8-4-3-5-9(2)11(8)16-13(18)17-12(14)15-10-6-7-10;/h3-5,10H,6-7H2,1-2H3,(H4,14,15,16,17,18);1H. The topological polar surface area (TPSA) is 79.5 Å².